The summed E-state index contributed by atoms with van der Waals surface area (Å²) in [5, 5.41) is 5.00. The Hall–Kier alpha value is -1.77. The first-order valence-electron chi connectivity index (χ1n) is 5.76. The van der Waals surface area contributed by atoms with Crippen LogP contribution in [-0.2, 0) is 20.5 Å². The van der Waals surface area contributed by atoms with E-state index < -0.39 is 34.8 Å². The van der Waals surface area contributed by atoms with Crippen molar-refractivity contribution in [1.82, 2.24) is 15.1 Å². The fraction of sp³-hybridized carbons (Fsp3) is 0.545. The van der Waals surface area contributed by atoms with E-state index in [-0.39, 0.29) is 12.2 Å². The van der Waals surface area contributed by atoms with Gasteiger partial charge in [0.05, 0.1) is 17.8 Å². The topological polar surface area (TPSA) is 73.2 Å². The highest BCUT2D eigenvalue weighted by molar-refractivity contribution is 6.32. The third-order valence-corrected chi connectivity index (χ3v) is 3.18. The Morgan fingerprint density at radius 1 is 1.48 bits per heavy atom. The zero-order valence-corrected chi connectivity index (χ0v) is 12.2. The lowest BCUT2D eigenvalue weighted by molar-refractivity contribution is -0.142. The van der Waals surface area contributed by atoms with E-state index in [0.29, 0.717) is 0 Å². The van der Waals surface area contributed by atoms with Crippen molar-refractivity contribution in [3.63, 3.8) is 0 Å². The first-order valence-corrected chi connectivity index (χ1v) is 6.13. The molecule has 0 aliphatic rings. The molecule has 0 aromatic carbocycles. The monoisotopic (exact) mass is 327 g/mol. The molecule has 21 heavy (non-hydrogen) atoms. The summed E-state index contributed by atoms with van der Waals surface area (Å²) in [7, 11) is 1.14. The number of amides is 1. The molecule has 0 fully saturated rings. The zero-order valence-electron chi connectivity index (χ0n) is 11.4. The van der Waals surface area contributed by atoms with E-state index in [9.17, 15) is 22.8 Å². The number of carbonyl (C=O) groups is 2. The summed E-state index contributed by atoms with van der Waals surface area (Å²) in [6.07, 6.45) is -4.71. The summed E-state index contributed by atoms with van der Waals surface area (Å²) >= 11 is 5.59. The van der Waals surface area contributed by atoms with Crippen LogP contribution in [0.4, 0.5) is 13.2 Å². The van der Waals surface area contributed by atoms with E-state index in [1.54, 1.807) is 0 Å². The van der Waals surface area contributed by atoms with E-state index in [0.717, 1.165) is 11.8 Å². The Morgan fingerprint density at radius 2 is 2.05 bits per heavy atom. The maximum absolute atomic E-state index is 12.7. The van der Waals surface area contributed by atoms with Crippen LogP contribution in [0.2, 0.25) is 5.02 Å². The molecule has 0 aliphatic carbocycles. The van der Waals surface area contributed by atoms with E-state index in [4.69, 9.17) is 11.6 Å². The molecule has 1 heterocycles. The Morgan fingerprint density at radius 3 is 2.48 bits per heavy atom. The molecule has 1 unspecified atom stereocenters. The summed E-state index contributed by atoms with van der Waals surface area (Å²) < 4.78 is 43.2. The lowest BCUT2D eigenvalue weighted by atomic mass is 10.3. The van der Waals surface area contributed by atoms with Crippen LogP contribution in [0.25, 0.3) is 0 Å². The molecule has 1 atom stereocenters. The van der Waals surface area contributed by atoms with Gasteiger partial charge in [0.2, 0.25) is 5.91 Å². The summed E-state index contributed by atoms with van der Waals surface area (Å²) in [6, 6.07) is -1.07. The normalized spacial score (nSPS) is 12.9. The Labute approximate surface area is 123 Å². The van der Waals surface area contributed by atoms with Crippen molar-refractivity contribution < 1.29 is 27.5 Å². The number of carbonyl (C=O) groups excluding carboxylic acids is 2. The number of esters is 1. The average Bonchev–Trinajstić information content (AvgIpc) is 2.71. The van der Waals surface area contributed by atoms with Crippen LogP contribution in [-0.4, -0.2) is 35.3 Å². The molecule has 10 heteroatoms. The molecule has 0 radical (unpaired) electrons. The third kappa shape index (κ3) is 3.87. The van der Waals surface area contributed by atoms with Gasteiger partial charge in [-0.1, -0.05) is 11.6 Å². The van der Waals surface area contributed by atoms with Crippen LogP contribution >= 0.6 is 11.6 Å². The van der Waals surface area contributed by atoms with E-state index in [1.807, 2.05) is 0 Å². The van der Waals surface area contributed by atoms with E-state index >= 15 is 0 Å². The largest absolute Gasteiger partial charge is 0.468 e. The van der Waals surface area contributed by atoms with Crippen molar-refractivity contribution >= 4 is 23.5 Å². The maximum atomic E-state index is 12.7. The molecular formula is C11H13ClF3N3O3. The van der Waals surface area contributed by atoms with Gasteiger partial charge in [0.1, 0.15) is 12.6 Å². The van der Waals surface area contributed by atoms with Crippen molar-refractivity contribution in [2.45, 2.75) is 26.1 Å². The highest BCUT2D eigenvalue weighted by Gasteiger charge is 2.39. The standard InChI is InChI=1S/C11H13ClF3N3O3/c1-5-8(12)9(11(13,14)15)17-18(5)6(2)10(20)16-4-7(19)21-3/h6H,4H2,1-3H3,(H,16,20). The molecule has 0 saturated heterocycles. The van der Waals surface area contributed by atoms with Crippen LogP contribution in [0.5, 0.6) is 0 Å². The Bertz CT molecular complexity index is 557. The van der Waals surface area contributed by atoms with Gasteiger partial charge in [-0.3, -0.25) is 14.3 Å². The molecule has 1 rings (SSSR count). The molecule has 0 aliphatic heterocycles. The van der Waals surface area contributed by atoms with Crippen LogP contribution in [0.3, 0.4) is 0 Å². The molecule has 1 aromatic rings. The quantitative estimate of drug-likeness (QED) is 0.855. The number of rotatable bonds is 4. The number of methoxy groups -OCH3 is 1. The molecule has 118 valence electrons. The molecule has 1 aromatic heterocycles. The molecule has 1 amide bonds. The molecule has 1 N–H and O–H groups in total. The highest BCUT2D eigenvalue weighted by atomic mass is 35.5. The molecule has 0 spiro atoms. The van der Waals surface area contributed by atoms with Crippen LogP contribution in [0.1, 0.15) is 24.4 Å². The number of nitrogens with one attached hydrogen (secondary N) is 1. The van der Waals surface area contributed by atoms with Gasteiger partial charge in [-0.05, 0) is 13.8 Å². The van der Waals surface area contributed by atoms with Gasteiger partial charge >= 0.3 is 12.1 Å². The van der Waals surface area contributed by atoms with Crippen molar-refractivity contribution in [3.05, 3.63) is 16.4 Å². The van der Waals surface area contributed by atoms with Gasteiger partial charge < -0.3 is 10.1 Å². The molecule has 6 nitrogen and oxygen atoms in total. The highest BCUT2D eigenvalue weighted by Crippen LogP contribution is 2.36. The number of hydrogen-bond donors (Lipinski definition) is 1. The van der Waals surface area contributed by atoms with Crippen LogP contribution in [0.15, 0.2) is 0 Å². The number of ether oxygens (including phenoxy) is 1. The predicted octanol–water partition coefficient (Wildman–Crippen LogP) is 1.71. The van der Waals surface area contributed by atoms with E-state index in [2.05, 4.69) is 15.2 Å². The molecular weight excluding hydrogens is 315 g/mol. The Balaban J connectivity index is 2.95. The van der Waals surface area contributed by atoms with E-state index in [1.165, 1.54) is 13.8 Å². The summed E-state index contributed by atoms with van der Waals surface area (Å²) in [5.41, 5.74) is -1.25. The van der Waals surface area contributed by atoms with Crippen molar-refractivity contribution in [1.29, 1.82) is 0 Å². The predicted molar refractivity (Wildman–Crippen MR) is 66.7 cm³/mol. The van der Waals surface area contributed by atoms with Gasteiger partial charge in [-0.25, -0.2) is 0 Å². The van der Waals surface area contributed by atoms with Gasteiger partial charge in [0.15, 0.2) is 5.69 Å². The number of aromatic nitrogens is 2. The first kappa shape index (κ1) is 17.3. The van der Waals surface area contributed by atoms with Crippen molar-refractivity contribution in [3.8, 4) is 0 Å². The van der Waals surface area contributed by atoms with Crippen molar-refractivity contribution in [2.24, 2.45) is 0 Å². The second kappa shape index (κ2) is 6.33. The molecule has 0 bridgehead atoms. The minimum atomic E-state index is -4.71. The fourth-order valence-electron chi connectivity index (χ4n) is 1.55. The zero-order chi connectivity index (χ0) is 16.4. The summed E-state index contributed by atoms with van der Waals surface area (Å²) in [5.74, 6) is -1.36. The smallest absolute Gasteiger partial charge is 0.436 e. The van der Waals surface area contributed by atoms with Gasteiger partial charge in [-0.2, -0.15) is 18.3 Å². The third-order valence-electron chi connectivity index (χ3n) is 2.73. The second-order valence-electron chi connectivity index (χ2n) is 4.16. The fourth-order valence-corrected chi connectivity index (χ4v) is 1.78. The lowest BCUT2D eigenvalue weighted by Gasteiger charge is -2.13. The minimum absolute atomic E-state index is 0.00436. The number of hydrogen-bond acceptors (Lipinski definition) is 4. The van der Waals surface area contributed by atoms with Gasteiger partial charge in [0, 0.05) is 0 Å². The van der Waals surface area contributed by atoms with Crippen molar-refractivity contribution in [2.75, 3.05) is 13.7 Å². The number of halogens is 4. The average molecular weight is 328 g/mol. The lowest BCUT2D eigenvalue weighted by Crippen LogP contribution is -2.35. The van der Waals surface area contributed by atoms with Crippen LogP contribution in [0, 0.1) is 6.92 Å². The number of alkyl halides is 3. The second-order valence-corrected chi connectivity index (χ2v) is 4.54. The SMILES string of the molecule is COC(=O)CNC(=O)C(C)n1nc(C(F)(F)F)c(Cl)c1C. The molecule has 0 saturated carbocycles. The number of nitrogens with zero attached hydrogens (tertiary/aromatic N) is 2. The van der Waals surface area contributed by atoms with Crippen LogP contribution < -0.4 is 5.32 Å². The Kier molecular flexibility index (Phi) is 5.21. The first-order chi connectivity index (χ1) is 9.59. The van der Waals surface area contributed by atoms with Gasteiger partial charge in [-0.15, -0.1) is 0 Å². The maximum Gasteiger partial charge on any atom is 0.436 e. The summed E-state index contributed by atoms with van der Waals surface area (Å²) in [4.78, 5) is 22.7. The van der Waals surface area contributed by atoms with Gasteiger partial charge in [0.25, 0.3) is 0 Å². The summed E-state index contributed by atoms with van der Waals surface area (Å²) in [6.45, 7) is 2.26. The minimum Gasteiger partial charge on any atom is -0.468 e.